The summed E-state index contributed by atoms with van der Waals surface area (Å²) < 4.78 is 8.44. The van der Waals surface area contributed by atoms with Gasteiger partial charge in [-0.2, -0.15) is 0 Å². The van der Waals surface area contributed by atoms with E-state index in [1.807, 2.05) is 12.4 Å². The Hall–Kier alpha value is -2.63. The van der Waals surface area contributed by atoms with Crippen molar-refractivity contribution in [2.75, 3.05) is 46.4 Å². The molecule has 0 amide bonds. The molecule has 2 aromatic heterocycles. The third kappa shape index (κ3) is 3.24. The van der Waals surface area contributed by atoms with Crippen LogP contribution in [0.5, 0.6) is 5.75 Å². The van der Waals surface area contributed by atoms with Crippen molar-refractivity contribution in [3.63, 3.8) is 0 Å². The summed E-state index contributed by atoms with van der Waals surface area (Å²) in [5.74, 6) is 0.947. The lowest BCUT2D eigenvalue weighted by Gasteiger charge is -2.32. The second kappa shape index (κ2) is 7.32. The fraction of sp³-hybridized carbons (Fsp3) is 0.375. The number of nitrogens with zero attached hydrogens (tertiary/aromatic N) is 4. The molecule has 0 spiro atoms. The fourth-order valence-corrected chi connectivity index (χ4v) is 4.65. The molecular formula is C24H28N4O. The predicted molar refractivity (Wildman–Crippen MR) is 120 cm³/mol. The first-order valence-electron chi connectivity index (χ1n) is 10.4. The highest BCUT2D eigenvalue weighted by atomic mass is 16.5. The lowest BCUT2D eigenvalue weighted by atomic mass is 10.0. The van der Waals surface area contributed by atoms with Gasteiger partial charge in [-0.25, -0.2) is 0 Å². The molecule has 2 aromatic carbocycles. The summed E-state index contributed by atoms with van der Waals surface area (Å²) in [5, 5.41) is 4.96. The molecule has 5 heteroatoms. The predicted octanol–water partition coefficient (Wildman–Crippen LogP) is 3.81. The number of pyridine rings is 1. The van der Waals surface area contributed by atoms with E-state index in [2.05, 4.69) is 70.7 Å². The van der Waals surface area contributed by atoms with Crippen molar-refractivity contribution in [1.82, 2.24) is 19.4 Å². The van der Waals surface area contributed by atoms with Crippen LogP contribution in [0.2, 0.25) is 0 Å². The van der Waals surface area contributed by atoms with Gasteiger partial charge in [0.2, 0.25) is 0 Å². The lowest BCUT2D eigenvalue weighted by Crippen LogP contribution is -2.45. The van der Waals surface area contributed by atoms with Crippen LogP contribution in [0.25, 0.3) is 32.6 Å². The van der Waals surface area contributed by atoms with Gasteiger partial charge < -0.3 is 14.2 Å². The Balaban J connectivity index is 1.45. The van der Waals surface area contributed by atoms with Crippen molar-refractivity contribution in [3.05, 3.63) is 48.3 Å². The highest BCUT2D eigenvalue weighted by Gasteiger charge is 2.15. The van der Waals surface area contributed by atoms with Gasteiger partial charge in [0.15, 0.2) is 0 Å². The monoisotopic (exact) mass is 388 g/mol. The van der Waals surface area contributed by atoms with Crippen LogP contribution in [0.15, 0.2) is 42.7 Å². The molecule has 4 aromatic rings. The number of aryl methyl sites for hydroxylation is 2. The molecule has 1 fully saturated rings. The first-order valence-corrected chi connectivity index (χ1v) is 10.4. The number of ether oxygens (including phenoxy) is 1. The Bertz CT molecular complexity index is 1190. The summed E-state index contributed by atoms with van der Waals surface area (Å²) >= 11 is 0. The quantitative estimate of drug-likeness (QED) is 0.532. The van der Waals surface area contributed by atoms with Crippen LogP contribution in [0.4, 0.5) is 0 Å². The zero-order valence-corrected chi connectivity index (χ0v) is 17.5. The molecule has 0 bridgehead atoms. The van der Waals surface area contributed by atoms with Gasteiger partial charge >= 0.3 is 0 Å². The van der Waals surface area contributed by atoms with Gasteiger partial charge in [-0.3, -0.25) is 9.88 Å². The third-order valence-electron chi connectivity index (χ3n) is 6.39. The SMILES string of the molecule is Cc1c2ccncc2cc2c3cc(OCCN4CCN(C)CC4)ccc3n(C)c12. The molecule has 0 N–H and O–H groups in total. The van der Waals surface area contributed by atoms with Crippen LogP contribution < -0.4 is 4.74 Å². The van der Waals surface area contributed by atoms with Crippen molar-refractivity contribution in [1.29, 1.82) is 0 Å². The molecule has 0 unspecified atom stereocenters. The molecule has 0 atom stereocenters. The Morgan fingerprint density at radius 3 is 2.62 bits per heavy atom. The number of piperazine rings is 1. The zero-order chi connectivity index (χ0) is 20.0. The second-order valence-corrected chi connectivity index (χ2v) is 8.23. The molecule has 150 valence electrons. The van der Waals surface area contributed by atoms with Crippen LogP contribution in [0.1, 0.15) is 5.56 Å². The average Bonchev–Trinajstić information content (AvgIpc) is 3.01. The largest absolute Gasteiger partial charge is 0.492 e. The molecule has 0 aliphatic carbocycles. The molecule has 5 nitrogen and oxygen atoms in total. The van der Waals surface area contributed by atoms with Crippen LogP contribution in [-0.2, 0) is 7.05 Å². The van der Waals surface area contributed by atoms with Crippen molar-refractivity contribution in [3.8, 4) is 5.75 Å². The first kappa shape index (κ1) is 18.4. The maximum absolute atomic E-state index is 6.14. The van der Waals surface area contributed by atoms with Gasteiger partial charge in [0.25, 0.3) is 0 Å². The van der Waals surface area contributed by atoms with E-state index in [4.69, 9.17) is 4.74 Å². The number of rotatable bonds is 4. The average molecular weight is 389 g/mol. The molecule has 29 heavy (non-hydrogen) atoms. The number of hydrogen-bond acceptors (Lipinski definition) is 4. The number of hydrogen-bond donors (Lipinski definition) is 0. The summed E-state index contributed by atoms with van der Waals surface area (Å²) in [6, 6.07) is 10.9. The smallest absolute Gasteiger partial charge is 0.120 e. The van der Waals surface area contributed by atoms with E-state index in [9.17, 15) is 0 Å². The first-order chi connectivity index (χ1) is 14.1. The van der Waals surface area contributed by atoms with E-state index < -0.39 is 0 Å². The molecule has 5 rings (SSSR count). The second-order valence-electron chi connectivity index (χ2n) is 8.23. The van der Waals surface area contributed by atoms with Gasteiger partial charge in [-0.15, -0.1) is 0 Å². The lowest BCUT2D eigenvalue weighted by molar-refractivity contribution is 0.134. The molecule has 1 saturated heterocycles. The molecule has 1 aliphatic heterocycles. The molecular weight excluding hydrogens is 360 g/mol. The van der Waals surface area contributed by atoms with Gasteiger partial charge in [0, 0.05) is 73.8 Å². The highest BCUT2D eigenvalue weighted by Crippen LogP contribution is 2.36. The number of likely N-dealkylation sites (N-methyl/N-ethyl adjacent to an activating group) is 1. The Morgan fingerprint density at radius 1 is 0.966 bits per heavy atom. The van der Waals surface area contributed by atoms with Crippen molar-refractivity contribution >= 4 is 32.6 Å². The van der Waals surface area contributed by atoms with Crippen LogP contribution in [-0.4, -0.2) is 65.7 Å². The summed E-state index contributed by atoms with van der Waals surface area (Å²) in [6.07, 6.45) is 3.83. The number of fused-ring (bicyclic) bond motifs is 4. The van der Waals surface area contributed by atoms with Gasteiger partial charge in [-0.05, 0) is 55.3 Å². The van der Waals surface area contributed by atoms with E-state index in [1.165, 1.54) is 38.1 Å². The Morgan fingerprint density at radius 2 is 1.79 bits per heavy atom. The van der Waals surface area contributed by atoms with E-state index in [-0.39, 0.29) is 0 Å². The standard InChI is InChI=1S/C24H28N4O/c1-17-20-6-7-25-16-18(20)14-22-21-15-19(4-5-23(21)27(3)24(17)22)29-13-12-28-10-8-26(2)9-11-28/h4-7,14-16H,8-13H2,1-3H3. The summed E-state index contributed by atoms with van der Waals surface area (Å²) in [5.41, 5.74) is 3.82. The topological polar surface area (TPSA) is 33.5 Å². The van der Waals surface area contributed by atoms with Crippen molar-refractivity contribution in [2.45, 2.75) is 6.92 Å². The maximum atomic E-state index is 6.14. The minimum Gasteiger partial charge on any atom is -0.492 e. The van der Waals surface area contributed by atoms with E-state index >= 15 is 0 Å². The van der Waals surface area contributed by atoms with Gasteiger partial charge in [0.1, 0.15) is 12.4 Å². The van der Waals surface area contributed by atoms with Crippen molar-refractivity contribution < 1.29 is 4.74 Å². The Labute approximate surface area is 171 Å². The van der Waals surface area contributed by atoms with Gasteiger partial charge in [-0.1, -0.05) is 0 Å². The summed E-state index contributed by atoms with van der Waals surface area (Å²) in [4.78, 5) is 9.18. The van der Waals surface area contributed by atoms with E-state index in [0.29, 0.717) is 0 Å². The fourth-order valence-electron chi connectivity index (χ4n) is 4.65. The minimum atomic E-state index is 0.728. The van der Waals surface area contributed by atoms with Crippen molar-refractivity contribution in [2.24, 2.45) is 7.05 Å². The van der Waals surface area contributed by atoms with Gasteiger partial charge in [0.05, 0.1) is 5.52 Å². The number of aromatic nitrogens is 2. The maximum Gasteiger partial charge on any atom is 0.120 e. The van der Waals surface area contributed by atoms with Crippen LogP contribution in [0.3, 0.4) is 0 Å². The molecule has 0 saturated carbocycles. The van der Waals surface area contributed by atoms with Crippen LogP contribution >= 0.6 is 0 Å². The summed E-state index contributed by atoms with van der Waals surface area (Å²) in [6.45, 7) is 8.46. The van der Waals surface area contributed by atoms with Crippen LogP contribution in [0, 0.1) is 6.92 Å². The minimum absolute atomic E-state index is 0.728. The zero-order valence-electron chi connectivity index (χ0n) is 17.5. The molecule has 0 radical (unpaired) electrons. The summed E-state index contributed by atoms with van der Waals surface area (Å²) in [7, 11) is 4.34. The highest BCUT2D eigenvalue weighted by molar-refractivity contribution is 6.14. The Kier molecular flexibility index (Phi) is 4.64. The normalized spacial score (nSPS) is 16.2. The third-order valence-corrected chi connectivity index (χ3v) is 6.39. The molecule has 3 heterocycles. The number of benzene rings is 2. The van der Waals surface area contributed by atoms with E-state index in [0.717, 1.165) is 45.1 Å². The van der Waals surface area contributed by atoms with E-state index in [1.54, 1.807) is 0 Å². The molecule has 1 aliphatic rings.